The second kappa shape index (κ2) is 8.52. The average Bonchev–Trinajstić information content (AvgIpc) is 3.28. The highest BCUT2D eigenvalue weighted by molar-refractivity contribution is 6.01. The van der Waals surface area contributed by atoms with Crippen molar-refractivity contribution in [2.75, 3.05) is 6.54 Å². The maximum Gasteiger partial charge on any atom is 0.181 e. The lowest BCUT2D eigenvalue weighted by Crippen LogP contribution is -2.71. The van der Waals surface area contributed by atoms with E-state index in [-0.39, 0.29) is 42.6 Å². The largest absolute Gasteiger partial charge is 0.390 e. The Morgan fingerprint density at radius 2 is 2.00 bits per heavy atom. The molecule has 3 saturated carbocycles. The van der Waals surface area contributed by atoms with Gasteiger partial charge >= 0.3 is 0 Å². The second-order valence-corrected chi connectivity index (χ2v) is 12.3. The molecule has 0 unspecified atom stereocenters. The SMILES string of the molecule is CCC[C@@H]1O[C@@H]2C[C@H]3[C@@H]4C[C@H](F)C5=CC(=O)C=C[C@]5(C)[C@@]4(F)[C@@H](O)C[C@]3(C)[C@]2(C(=O)CNC(C)C)O1. The van der Waals surface area contributed by atoms with Crippen molar-refractivity contribution in [3.8, 4) is 0 Å². The Balaban J connectivity index is 1.59. The number of rotatable bonds is 6. The van der Waals surface area contributed by atoms with Gasteiger partial charge in [-0.1, -0.05) is 40.2 Å². The van der Waals surface area contributed by atoms with Gasteiger partial charge in [-0.2, -0.15) is 0 Å². The summed E-state index contributed by atoms with van der Waals surface area (Å²) in [5, 5.41) is 14.8. The number of allylic oxidation sites excluding steroid dienone is 4. The van der Waals surface area contributed by atoms with Crippen LogP contribution in [0.1, 0.15) is 66.7 Å². The molecular weight excluding hydrogens is 468 g/mol. The fourth-order valence-electron chi connectivity index (χ4n) is 8.31. The quantitative estimate of drug-likeness (QED) is 0.570. The van der Waals surface area contributed by atoms with E-state index in [1.54, 1.807) is 6.92 Å². The summed E-state index contributed by atoms with van der Waals surface area (Å²) in [5.74, 6) is -1.84. The van der Waals surface area contributed by atoms with E-state index in [2.05, 4.69) is 5.32 Å². The molecule has 0 radical (unpaired) electrons. The van der Waals surface area contributed by atoms with Gasteiger partial charge in [-0.3, -0.25) is 9.59 Å². The van der Waals surface area contributed by atoms with Crippen LogP contribution in [0.4, 0.5) is 8.78 Å². The van der Waals surface area contributed by atoms with Gasteiger partial charge in [0.25, 0.3) is 0 Å². The molecular formula is C28H39F2NO5. The maximum absolute atomic E-state index is 17.4. The Labute approximate surface area is 211 Å². The molecule has 0 amide bonds. The van der Waals surface area contributed by atoms with Gasteiger partial charge in [-0.15, -0.1) is 0 Å². The van der Waals surface area contributed by atoms with Crippen molar-refractivity contribution in [2.24, 2.45) is 22.7 Å². The molecule has 1 heterocycles. The fraction of sp³-hybridized carbons (Fsp3) is 0.786. The highest BCUT2D eigenvalue weighted by Gasteiger charge is 2.79. The first kappa shape index (κ1) is 26.1. The first-order valence-electron chi connectivity index (χ1n) is 13.4. The van der Waals surface area contributed by atoms with Crippen LogP contribution in [0.5, 0.6) is 0 Å². The zero-order valence-corrected chi connectivity index (χ0v) is 21.9. The van der Waals surface area contributed by atoms with Crippen LogP contribution in [0.25, 0.3) is 0 Å². The first-order chi connectivity index (χ1) is 16.8. The van der Waals surface area contributed by atoms with Crippen molar-refractivity contribution in [2.45, 2.75) is 109 Å². The van der Waals surface area contributed by atoms with E-state index >= 15 is 8.78 Å². The molecule has 4 fully saturated rings. The van der Waals surface area contributed by atoms with Crippen LogP contribution < -0.4 is 5.32 Å². The van der Waals surface area contributed by atoms with Crippen molar-refractivity contribution in [1.29, 1.82) is 0 Å². The number of carbonyl (C=O) groups is 2. The van der Waals surface area contributed by atoms with Gasteiger partial charge in [-0.25, -0.2) is 8.78 Å². The minimum Gasteiger partial charge on any atom is -0.390 e. The second-order valence-electron chi connectivity index (χ2n) is 12.3. The third kappa shape index (κ3) is 3.20. The Morgan fingerprint density at radius 1 is 1.28 bits per heavy atom. The lowest BCUT2D eigenvalue weighted by atomic mass is 9.44. The molecule has 1 aliphatic heterocycles. The number of Topliss-reactive ketones (excluding diaryl/α,β-unsaturated/α-hetero) is 1. The number of aliphatic hydroxyl groups excluding tert-OH is 1. The molecule has 36 heavy (non-hydrogen) atoms. The molecule has 0 aromatic heterocycles. The Morgan fingerprint density at radius 3 is 2.67 bits per heavy atom. The van der Waals surface area contributed by atoms with E-state index in [0.717, 1.165) is 6.42 Å². The molecule has 0 bridgehead atoms. The van der Waals surface area contributed by atoms with E-state index in [1.165, 1.54) is 18.2 Å². The predicted molar refractivity (Wildman–Crippen MR) is 130 cm³/mol. The van der Waals surface area contributed by atoms with Gasteiger partial charge < -0.3 is 19.9 Å². The van der Waals surface area contributed by atoms with Crippen molar-refractivity contribution in [3.63, 3.8) is 0 Å². The van der Waals surface area contributed by atoms with E-state index in [9.17, 15) is 14.7 Å². The van der Waals surface area contributed by atoms with Crippen LogP contribution in [0.15, 0.2) is 23.8 Å². The number of alkyl halides is 2. The Kier molecular flexibility index (Phi) is 6.18. The van der Waals surface area contributed by atoms with Crippen molar-refractivity contribution >= 4 is 11.6 Å². The smallest absolute Gasteiger partial charge is 0.181 e. The number of nitrogens with one attached hydrogen (secondary N) is 1. The number of aliphatic hydroxyl groups is 1. The number of ketones is 2. The summed E-state index contributed by atoms with van der Waals surface area (Å²) in [6.45, 7) is 9.47. The Hall–Kier alpha value is -1.48. The van der Waals surface area contributed by atoms with Gasteiger partial charge in [0.1, 0.15) is 6.17 Å². The Bertz CT molecular complexity index is 1010. The van der Waals surface area contributed by atoms with Crippen LogP contribution in [0.3, 0.4) is 0 Å². The molecule has 0 aromatic rings. The molecule has 10 atom stereocenters. The molecule has 1 saturated heterocycles. The molecule has 200 valence electrons. The molecule has 4 aliphatic carbocycles. The minimum atomic E-state index is -2.19. The summed E-state index contributed by atoms with van der Waals surface area (Å²) >= 11 is 0. The van der Waals surface area contributed by atoms with E-state index in [0.29, 0.717) is 12.8 Å². The summed E-state index contributed by atoms with van der Waals surface area (Å²) < 4.78 is 45.9. The first-order valence-corrected chi connectivity index (χ1v) is 13.4. The summed E-state index contributed by atoms with van der Waals surface area (Å²) in [6.07, 6.45) is 1.39. The summed E-state index contributed by atoms with van der Waals surface area (Å²) in [6, 6.07) is 0.0783. The molecule has 0 spiro atoms. The topological polar surface area (TPSA) is 84.9 Å². The van der Waals surface area contributed by atoms with Gasteiger partial charge in [0.2, 0.25) is 0 Å². The number of ether oxygens (including phenoxy) is 2. The third-order valence-electron chi connectivity index (χ3n) is 10.0. The van der Waals surface area contributed by atoms with Crippen LogP contribution in [-0.4, -0.2) is 65.2 Å². The third-order valence-corrected chi connectivity index (χ3v) is 10.0. The van der Waals surface area contributed by atoms with Crippen molar-refractivity contribution < 1.29 is 33.0 Å². The van der Waals surface area contributed by atoms with E-state index < -0.39 is 58.6 Å². The summed E-state index contributed by atoms with van der Waals surface area (Å²) in [4.78, 5) is 26.0. The highest BCUT2D eigenvalue weighted by Crippen LogP contribution is 2.72. The average molecular weight is 508 g/mol. The van der Waals surface area contributed by atoms with Crippen LogP contribution in [0, 0.1) is 22.7 Å². The van der Waals surface area contributed by atoms with Gasteiger partial charge in [0.05, 0.1) is 18.8 Å². The van der Waals surface area contributed by atoms with Crippen LogP contribution in [-0.2, 0) is 19.1 Å². The fourth-order valence-corrected chi connectivity index (χ4v) is 8.31. The van der Waals surface area contributed by atoms with E-state index in [1.807, 2.05) is 27.7 Å². The zero-order chi connectivity index (χ0) is 26.3. The number of carbonyl (C=O) groups excluding carboxylic acids is 2. The molecule has 2 N–H and O–H groups in total. The number of hydrogen-bond donors (Lipinski definition) is 2. The van der Waals surface area contributed by atoms with Crippen LogP contribution >= 0.6 is 0 Å². The van der Waals surface area contributed by atoms with Gasteiger partial charge in [-0.05, 0) is 56.3 Å². The number of hydrogen-bond acceptors (Lipinski definition) is 6. The molecule has 6 nitrogen and oxygen atoms in total. The molecule has 8 heteroatoms. The molecule has 5 aliphatic rings. The predicted octanol–water partition coefficient (Wildman–Crippen LogP) is 3.76. The molecule has 0 aromatic carbocycles. The highest BCUT2D eigenvalue weighted by atomic mass is 19.1. The maximum atomic E-state index is 17.4. The minimum absolute atomic E-state index is 0.0155. The van der Waals surface area contributed by atoms with Crippen molar-refractivity contribution in [3.05, 3.63) is 23.8 Å². The van der Waals surface area contributed by atoms with Crippen molar-refractivity contribution in [1.82, 2.24) is 5.32 Å². The number of halogens is 2. The molecule has 5 rings (SSSR count). The van der Waals surface area contributed by atoms with E-state index in [4.69, 9.17) is 9.47 Å². The van der Waals surface area contributed by atoms with Gasteiger partial charge in [0.15, 0.2) is 29.1 Å². The normalized spacial score (nSPS) is 49.4. The lowest BCUT2D eigenvalue weighted by molar-refractivity contribution is -0.234. The number of fused-ring (bicyclic) bond motifs is 7. The summed E-state index contributed by atoms with van der Waals surface area (Å²) in [5.41, 5.74) is -5.84. The zero-order valence-electron chi connectivity index (χ0n) is 21.9. The monoisotopic (exact) mass is 507 g/mol. The van der Waals surface area contributed by atoms with Crippen LogP contribution in [0.2, 0.25) is 0 Å². The summed E-state index contributed by atoms with van der Waals surface area (Å²) in [7, 11) is 0. The van der Waals surface area contributed by atoms with Gasteiger partial charge in [0, 0.05) is 22.8 Å². The lowest BCUT2D eigenvalue weighted by Gasteiger charge is -2.63. The standard InChI is InChI=1S/C28H39F2NO5/c1-6-7-24-35-23-12-17-18-11-20(29)19-10-16(32)8-9-25(19,4)27(18,30)21(33)13-26(17,5)28(23,36-24)22(34)14-31-15(2)3/h8-10,15,17-18,20-21,23-24,31,33H,6-7,11-14H2,1-5H3/t17-,18-,20-,21-,23+,24+,25-,26-,27-,28+/m0/s1.